The van der Waals surface area contributed by atoms with Gasteiger partial charge in [-0.25, -0.2) is 9.67 Å². The maximum atomic E-state index is 6.37. The van der Waals surface area contributed by atoms with Crippen LogP contribution in [0.4, 0.5) is 0 Å². The van der Waals surface area contributed by atoms with Gasteiger partial charge in [0.15, 0.2) is 0 Å². The lowest BCUT2D eigenvalue weighted by Crippen LogP contribution is -2.38. The van der Waals surface area contributed by atoms with Crippen LogP contribution in [-0.4, -0.2) is 21.0 Å². The Balaban J connectivity index is 1.99. The fourth-order valence-electron chi connectivity index (χ4n) is 4.27. The minimum atomic E-state index is -0.680. The second-order valence-electron chi connectivity index (χ2n) is 7.25. The molecule has 0 spiro atoms. The van der Waals surface area contributed by atoms with Gasteiger partial charge >= 0.3 is 0 Å². The number of hydrogen-bond acceptors (Lipinski definition) is 3. The summed E-state index contributed by atoms with van der Waals surface area (Å²) < 4.78 is 2.11. The fraction of sp³-hybridized carbons (Fsp3) is 0.0769. The van der Waals surface area contributed by atoms with E-state index in [4.69, 9.17) is 16.7 Å². The van der Waals surface area contributed by atoms with E-state index in [1.807, 2.05) is 36.7 Å². The minimum Gasteiger partial charge on any atom is -0.244 e. The summed E-state index contributed by atoms with van der Waals surface area (Å²) in [6.07, 6.45) is 3.86. The predicted octanol–water partition coefficient (Wildman–Crippen LogP) is 6.65. The molecule has 0 aliphatic carbocycles. The molecule has 5 heteroatoms. The van der Waals surface area contributed by atoms with E-state index in [0.717, 1.165) is 32.6 Å². The van der Waals surface area contributed by atoms with Gasteiger partial charge < -0.3 is 0 Å². The summed E-state index contributed by atoms with van der Waals surface area (Å²) in [5, 5.41) is 7.49. The van der Waals surface area contributed by atoms with Crippen LogP contribution in [0.2, 0.25) is 5.15 Å². The van der Waals surface area contributed by atoms with E-state index >= 15 is 0 Å². The van der Waals surface area contributed by atoms with Crippen molar-refractivity contribution in [3.63, 3.8) is 0 Å². The number of pyridine rings is 1. The lowest BCUT2D eigenvalue weighted by molar-refractivity contribution is 0.467. The third kappa shape index (κ3) is 3.23. The Bertz CT molecular complexity index is 1220. The number of hydrogen-bond donors (Lipinski definition) is 0. The number of fused-ring (bicyclic) bond motifs is 1. The number of aromatic nitrogens is 3. The zero-order chi connectivity index (χ0) is 21.3. The molecule has 5 rings (SSSR count). The first-order valence-electron chi connectivity index (χ1n) is 10.0. The van der Waals surface area contributed by atoms with Gasteiger partial charge in [0.2, 0.25) is 0 Å². The van der Waals surface area contributed by atoms with E-state index in [0.29, 0.717) is 5.15 Å². The molecule has 0 unspecified atom stereocenters. The van der Waals surface area contributed by atoms with Gasteiger partial charge in [-0.3, -0.25) is 0 Å². The van der Waals surface area contributed by atoms with E-state index in [9.17, 15) is 0 Å². The van der Waals surface area contributed by atoms with E-state index in [2.05, 4.69) is 82.5 Å². The van der Waals surface area contributed by atoms with Crippen molar-refractivity contribution in [2.45, 2.75) is 10.6 Å². The molecule has 0 fully saturated rings. The van der Waals surface area contributed by atoms with Gasteiger partial charge in [-0.05, 0) is 22.9 Å². The number of thioether (sulfide) groups is 1. The monoisotopic (exact) mass is 441 g/mol. The maximum absolute atomic E-state index is 6.37. The number of halogens is 1. The van der Waals surface area contributed by atoms with Crippen LogP contribution in [0.25, 0.3) is 10.9 Å². The van der Waals surface area contributed by atoms with Crippen LogP contribution in [0.1, 0.15) is 16.7 Å². The van der Waals surface area contributed by atoms with Crippen LogP contribution in [0.3, 0.4) is 0 Å². The van der Waals surface area contributed by atoms with Crippen LogP contribution < -0.4 is 0 Å². The zero-order valence-electron chi connectivity index (χ0n) is 16.9. The second kappa shape index (κ2) is 8.22. The fourth-order valence-corrected chi connectivity index (χ4v) is 4.96. The molecule has 0 amide bonds. The Morgan fingerprint density at radius 2 is 1.26 bits per heavy atom. The van der Waals surface area contributed by atoms with Crippen LogP contribution in [-0.2, 0) is 5.54 Å². The third-order valence-corrected chi connectivity index (χ3v) is 6.48. The molecule has 0 saturated heterocycles. The summed E-state index contributed by atoms with van der Waals surface area (Å²) in [5.74, 6) is 0. The van der Waals surface area contributed by atoms with Gasteiger partial charge in [0, 0.05) is 12.3 Å². The van der Waals surface area contributed by atoms with Crippen molar-refractivity contribution in [2.75, 3.05) is 6.26 Å². The Kier molecular flexibility index (Phi) is 5.26. The molecule has 0 saturated carbocycles. The van der Waals surface area contributed by atoms with Gasteiger partial charge in [0.05, 0.1) is 10.9 Å². The van der Waals surface area contributed by atoms with E-state index in [1.165, 1.54) is 0 Å². The Labute approximate surface area is 190 Å². The lowest BCUT2D eigenvalue weighted by atomic mass is 9.77. The molecule has 2 aromatic heterocycles. The SMILES string of the molecule is CSc1nn(C(c2ccccc2)(c2ccccc2)c2ccccc2)c2cc(Cl)ncc12. The molecular weight excluding hydrogens is 422 g/mol. The number of rotatable bonds is 5. The van der Waals surface area contributed by atoms with Crippen molar-refractivity contribution in [3.8, 4) is 0 Å². The highest BCUT2D eigenvalue weighted by Crippen LogP contribution is 2.43. The highest BCUT2D eigenvalue weighted by atomic mass is 35.5. The van der Waals surface area contributed by atoms with E-state index in [-0.39, 0.29) is 0 Å². The van der Waals surface area contributed by atoms with Crippen molar-refractivity contribution >= 4 is 34.3 Å². The Morgan fingerprint density at radius 1 is 0.774 bits per heavy atom. The van der Waals surface area contributed by atoms with Crippen molar-refractivity contribution in [2.24, 2.45) is 0 Å². The molecule has 5 aromatic rings. The zero-order valence-corrected chi connectivity index (χ0v) is 18.5. The van der Waals surface area contributed by atoms with Crippen LogP contribution in [0, 0.1) is 0 Å². The average Bonchev–Trinajstić information content (AvgIpc) is 3.20. The lowest BCUT2D eigenvalue weighted by Gasteiger charge is -2.37. The van der Waals surface area contributed by atoms with Crippen LogP contribution >= 0.6 is 23.4 Å². The molecule has 2 heterocycles. The minimum absolute atomic E-state index is 0.449. The van der Waals surface area contributed by atoms with Gasteiger partial charge in [0.25, 0.3) is 0 Å². The molecule has 0 bridgehead atoms. The largest absolute Gasteiger partial charge is 0.244 e. The summed E-state index contributed by atoms with van der Waals surface area (Å²) in [4.78, 5) is 4.33. The molecule has 0 aliphatic rings. The van der Waals surface area contributed by atoms with Crippen LogP contribution in [0.5, 0.6) is 0 Å². The smallest absolute Gasteiger partial charge is 0.138 e. The van der Waals surface area contributed by atoms with Crippen molar-refractivity contribution < 1.29 is 0 Å². The van der Waals surface area contributed by atoms with Crippen LogP contribution in [0.15, 0.2) is 108 Å². The summed E-state index contributed by atoms with van der Waals surface area (Å²) in [7, 11) is 0. The molecule has 0 radical (unpaired) electrons. The number of nitrogens with zero attached hydrogens (tertiary/aromatic N) is 3. The molecule has 31 heavy (non-hydrogen) atoms. The highest BCUT2D eigenvalue weighted by Gasteiger charge is 2.40. The standard InChI is InChI=1S/C26H20ClN3S/c1-31-25-22-18-28-24(27)17-23(22)30(29-25)26(19-11-5-2-6-12-19,20-13-7-3-8-14-20)21-15-9-4-10-16-21/h2-18H,1H3. The Morgan fingerprint density at radius 3 is 1.71 bits per heavy atom. The normalized spacial score (nSPS) is 11.7. The molecule has 0 aliphatic heterocycles. The molecule has 3 nitrogen and oxygen atoms in total. The summed E-state index contributed by atoms with van der Waals surface area (Å²) in [5.41, 5.74) is 3.63. The molecule has 0 atom stereocenters. The first-order chi connectivity index (χ1) is 15.2. The second-order valence-corrected chi connectivity index (χ2v) is 8.44. The average molecular weight is 442 g/mol. The van der Waals surface area contributed by atoms with Gasteiger partial charge in [-0.2, -0.15) is 5.10 Å². The maximum Gasteiger partial charge on any atom is 0.138 e. The van der Waals surface area contributed by atoms with Gasteiger partial charge in [0.1, 0.15) is 15.7 Å². The first kappa shape index (κ1) is 19.9. The Hall–Kier alpha value is -3.08. The van der Waals surface area contributed by atoms with Crippen molar-refractivity contribution in [3.05, 3.63) is 125 Å². The van der Waals surface area contributed by atoms with E-state index in [1.54, 1.807) is 11.8 Å². The molecule has 3 aromatic carbocycles. The summed E-state index contributed by atoms with van der Waals surface area (Å²) in [6, 6.07) is 33.5. The topological polar surface area (TPSA) is 30.7 Å². The van der Waals surface area contributed by atoms with Gasteiger partial charge in [-0.1, -0.05) is 103 Å². The molecule has 0 N–H and O–H groups in total. The summed E-state index contributed by atoms with van der Waals surface area (Å²) >= 11 is 7.98. The first-order valence-corrected chi connectivity index (χ1v) is 11.6. The highest BCUT2D eigenvalue weighted by molar-refractivity contribution is 7.98. The van der Waals surface area contributed by atoms with E-state index < -0.39 is 5.54 Å². The molecule has 152 valence electrons. The third-order valence-electron chi connectivity index (χ3n) is 5.58. The number of benzene rings is 3. The predicted molar refractivity (Wildman–Crippen MR) is 129 cm³/mol. The molecular formula is C26H20ClN3S. The van der Waals surface area contributed by atoms with Crippen molar-refractivity contribution in [1.29, 1.82) is 0 Å². The summed E-state index contributed by atoms with van der Waals surface area (Å²) in [6.45, 7) is 0. The quantitative estimate of drug-likeness (QED) is 0.174. The van der Waals surface area contributed by atoms with Crippen molar-refractivity contribution in [1.82, 2.24) is 14.8 Å². The van der Waals surface area contributed by atoms with Gasteiger partial charge in [-0.15, -0.1) is 11.8 Å².